The summed E-state index contributed by atoms with van der Waals surface area (Å²) >= 11 is 0. The fourth-order valence-electron chi connectivity index (χ4n) is 3.59. The van der Waals surface area contributed by atoms with Gasteiger partial charge in [0.15, 0.2) is 0 Å². The highest BCUT2D eigenvalue weighted by Gasteiger charge is 2.41. The third-order valence-electron chi connectivity index (χ3n) is 4.36. The molecule has 1 rings (SSSR count). The molecule has 0 bridgehead atoms. The van der Waals surface area contributed by atoms with Gasteiger partial charge in [-0.1, -0.05) is 59.3 Å². The van der Waals surface area contributed by atoms with E-state index in [1.54, 1.807) is 0 Å². The Morgan fingerprint density at radius 2 is 1.42 bits per heavy atom. The van der Waals surface area contributed by atoms with E-state index >= 15 is 0 Å². The largest absolute Gasteiger partial charge is 0.397 e. The summed E-state index contributed by atoms with van der Waals surface area (Å²) in [6.07, 6.45) is 8.40. The Labute approximate surface area is 122 Å². The van der Waals surface area contributed by atoms with Crippen molar-refractivity contribution >= 4 is 9.28 Å². The summed E-state index contributed by atoms with van der Waals surface area (Å²) < 4.78 is 12.2. The smallest absolute Gasteiger partial charge is 0.325 e. The van der Waals surface area contributed by atoms with E-state index in [1.807, 2.05) is 0 Å². The van der Waals surface area contributed by atoms with Crippen LogP contribution in [-0.2, 0) is 8.85 Å². The summed E-state index contributed by atoms with van der Waals surface area (Å²) in [6.45, 7) is 12.9. The molecule has 0 aromatic heterocycles. The van der Waals surface area contributed by atoms with E-state index in [2.05, 4.69) is 34.6 Å². The summed E-state index contributed by atoms with van der Waals surface area (Å²) in [4.78, 5) is 0. The predicted octanol–water partition coefficient (Wildman–Crippen LogP) is 4.67. The maximum Gasteiger partial charge on any atom is 0.325 e. The molecule has 0 heterocycles. The summed E-state index contributed by atoms with van der Waals surface area (Å²) in [5, 5.41) is 0. The standard InChI is InChI=1S/C16H34O2Si/c1-6-17-19(18-7-2)15(16(3,4)5)14-12-10-8-9-11-13-14/h14-15,19H,6-13H2,1-5H3. The Bertz CT molecular complexity index is 221. The molecule has 0 saturated heterocycles. The first-order chi connectivity index (χ1) is 9.00. The highest BCUT2D eigenvalue weighted by molar-refractivity contribution is 6.46. The van der Waals surface area contributed by atoms with Crippen molar-refractivity contribution in [3.63, 3.8) is 0 Å². The molecule has 0 aromatic carbocycles. The minimum absolute atomic E-state index is 0.302. The lowest BCUT2D eigenvalue weighted by Crippen LogP contribution is -2.40. The van der Waals surface area contributed by atoms with Crippen LogP contribution in [0.25, 0.3) is 0 Å². The third-order valence-corrected chi connectivity index (χ3v) is 7.82. The zero-order valence-electron chi connectivity index (χ0n) is 13.7. The first-order valence-electron chi connectivity index (χ1n) is 8.23. The molecule has 1 atom stereocenters. The van der Waals surface area contributed by atoms with Gasteiger partial charge in [0.1, 0.15) is 0 Å². The Morgan fingerprint density at radius 3 is 1.79 bits per heavy atom. The average molecular weight is 287 g/mol. The molecule has 1 aliphatic carbocycles. The molecular weight excluding hydrogens is 252 g/mol. The van der Waals surface area contributed by atoms with E-state index in [1.165, 1.54) is 38.5 Å². The lowest BCUT2D eigenvalue weighted by atomic mass is 9.80. The molecule has 19 heavy (non-hydrogen) atoms. The molecular formula is C16H34O2Si. The lowest BCUT2D eigenvalue weighted by molar-refractivity contribution is 0.153. The molecule has 0 aromatic rings. The topological polar surface area (TPSA) is 18.5 Å². The molecule has 0 radical (unpaired) electrons. The first kappa shape index (κ1) is 17.2. The summed E-state index contributed by atoms with van der Waals surface area (Å²) in [5.74, 6) is 0.817. The molecule has 3 heteroatoms. The molecule has 114 valence electrons. The molecule has 0 spiro atoms. The fourth-order valence-corrected chi connectivity index (χ4v) is 6.41. The van der Waals surface area contributed by atoms with Crippen molar-refractivity contribution in [3.8, 4) is 0 Å². The molecule has 1 aliphatic rings. The van der Waals surface area contributed by atoms with Crippen molar-refractivity contribution < 1.29 is 8.85 Å². The zero-order valence-corrected chi connectivity index (χ0v) is 14.9. The van der Waals surface area contributed by atoms with Gasteiger partial charge < -0.3 is 8.85 Å². The Balaban J connectivity index is 2.84. The van der Waals surface area contributed by atoms with Crippen LogP contribution in [0, 0.1) is 11.3 Å². The monoisotopic (exact) mass is 286 g/mol. The summed E-state index contributed by atoms with van der Waals surface area (Å²) in [5.41, 5.74) is 0.946. The molecule has 1 unspecified atom stereocenters. The summed E-state index contributed by atoms with van der Waals surface area (Å²) in [6, 6.07) is 0. The van der Waals surface area contributed by atoms with Gasteiger partial charge in [-0.15, -0.1) is 0 Å². The number of hydrogen-bond donors (Lipinski definition) is 0. The highest BCUT2D eigenvalue weighted by atomic mass is 28.3. The van der Waals surface area contributed by atoms with Crippen molar-refractivity contribution in [1.82, 2.24) is 0 Å². The first-order valence-corrected chi connectivity index (χ1v) is 9.84. The van der Waals surface area contributed by atoms with Crippen LogP contribution in [0.15, 0.2) is 0 Å². The normalized spacial score (nSPS) is 20.5. The predicted molar refractivity (Wildman–Crippen MR) is 84.8 cm³/mol. The Morgan fingerprint density at radius 1 is 0.947 bits per heavy atom. The molecule has 0 N–H and O–H groups in total. The zero-order chi connectivity index (χ0) is 14.3. The molecule has 1 saturated carbocycles. The van der Waals surface area contributed by atoms with Gasteiger partial charge in [0.2, 0.25) is 0 Å². The van der Waals surface area contributed by atoms with Crippen molar-refractivity contribution in [2.75, 3.05) is 13.2 Å². The van der Waals surface area contributed by atoms with Crippen LogP contribution in [0.3, 0.4) is 0 Å². The quantitative estimate of drug-likeness (QED) is 0.522. The minimum Gasteiger partial charge on any atom is -0.397 e. The number of rotatable bonds is 6. The van der Waals surface area contributed by atoms with Crippen LogP contribution in [-0.4, -0.2) is 22.5 Å². The second kappa shape index (κ2) is 8.43. The molecule has 2 nitrogen and oxygen atoms in total. The lowest BCUT2D eigenvalue weighted by Gasteiger charge is -2.40. The SMILES string of the molecule is CCO[SiH](OCC)C(C1CCCCCC1)C(C)(C)C. The van der Waals surface area contributed by atoms with Crippen LogP contribution in [0.2, 0.25) is 5.54 Å². The van der Waals surface area contributed by atoms with Gasteiger partial charge in [-0.2, -0.15) is 0 Å². The van der Waals surface area contributed by atoms with E-state index in [-0.39, 0.29) is 0 Å². The van der Waals surface area contributed by atoms with Crippen LogP contribution in [0.1, 0.15) is 73.1 Å². The van der Waals surface area contributed by atoms with E-state index < -0.39 is 9.28 Å². The fraction of sp³-hybridized carbons (Fsp3) is 1.00. The van der Waals surface area contributed by atoms with Gasteiger partial charge >= 0.3 is 9.28 Å². The van der Waals surface area contributed by atoms with Crippen LogP contribution >= 0.6 is 0 Å². The van der Waals surface area contributed by atoms with Gasteiger partial charge in [-0.3, -0.25) is 0 Å². The van der Waals surface area contributed by atoms with Crippen molar-refractivity contribution in [3.05, 3.63) is 0 Å². The van der Waals surface area contributed by atoms with Gasteiger partial charge in [0, 0.05) is 18.8 Å². The highest BCUT2D eigenvalue weighted by Crippen LogP contribution is 2.45. The average Bonchev–Trinajstić information content (AvgIpc) is 2.57. The van der Waals surface area contributed by atoms with Crippen molar-refractivity contribution in [2.24, 2.45) is 11.3 Å². The second-order valence-electron chi connectivity index (χ2n) is 6.92. The second-order valence-corrected chi connectivity index (χ2v) is 9.04. The molecule has 1 fully saturated rings. The van der Waals surface area contributed by atoms with Gasteiger partial charge in [-0.05, 0) is 25.2 Å². The van der Waals surface area contributed by atoms with Gasteiger partial charge in [0.25, 0.3) is 0 Å². The number of hydrogen-bond acceptors (Lipinski definition) is 2. The minimum atomic E-state index is -1.57. The molecule has 0 amide bonds. The van der Waals surface area contributed by atoms with E-state index in [4.69, 9.17) is 8.85 Å². The van der Waals surface area contributed by atoms with Crippen LogP contribution in [0.4, 0.5) is 0 Å². The Hall–Kier alpha value is 0.137. The van der Waals surface area contributed by atoms with E-state index in [9.17, 15) is 0 Å². The van der Waals surface area contributed by atoms with Crippen LogP contribution < -0.4 is 0 Å². The van der Waals surface area contributed by atoms with Crippen molar-refractivity contribution in [1.29, 1.82) is 0 Å². The van der Waals surface area contributed by atoms with Gasteiger partial charge in [-0.25, -0.2) is 0 Å². The maximum atomic E-state index is 6.08. The maximum absolute atomic E-state index is 6.08. The Kier molecular flexibility index (Phi) is 7.63. The van der Waals surface area contributed by atoms with E-state index in [0.717, 1.165) is 19.1 Å². The van der Waals surface area contributed by atoms with Gasteiger partial charge in [0.05, 0.1) is 0 Å². The third kappa shape index (κ3) is 5.56. The van der Waals surface area contributed by atoms with E-state index in [0.29, 0.717) is 11.0 Å². The van der Waals surface area contributed by atoms with Crippen LogP contribution in [0.5, 0.6) is 0 Å². The van der Waals surface area contributed by atoms with Crippen molar-refractivity contribution in [2.45, 2.75) is 78.7 Å². The molecule has 0 aliphatic heterocycles. The summed E-state index contributed by atoms with van der Waals surface area (Å²) in [7, 11) is -1.57.